The molecule has 3 aromatic rings. The molecule has 0 atom stereocenters. The van der Waals surface area contributed by atoms with Gasteiger partial charge in [0.25, 0.3) is 0 Å². The van der Waals surface area contributed by atoms with Gasteiger partial charge in [0.2, 0.25) is 5.91 Å². The summed E-state index contributed by atoms with van der Waals surface area (Å²) in [6, 6.07) is 21.9. The van der Waals surface area contributed by atoms with E-state index in [2.05, 4.69) is 18.0 Å². The van der Waals surface area contributed by atoms with Crippen molar-refractivity contribution in [1.29, 1.82) is 0 Å². The Bertz CT molecular complexity index is 1220. The zero-order valence-corrected chi connectivity index (χ0v) is 21.3. The van der Waals surface area contributed by atoms with Crippen LogP contribution in [0, 0.1) is 0 Å². The topological polar surface area (TPSA) is 51.2 Å². The maximum absolute atomic E-state index is 13.8. The summed E-state index contributed by atoms with van der Waals surface area (Å²) in [6.45, 7) is 3.11. The van der Waals surface area contributed by atoms with Crippen LogP contribution in [0.2, 0.25) is 0 Å². The Balaban J connectivity index is 1.50. The van der Waals surface area contributed by atoms with Crippen molar-refractivity contribution in [2.75, 3.05) is 45.8 Å². The van der Waals surface area contributed by atoms with Crippen molar-refractivity contribution in [1.82, 2.24) is 4.90 Å². The third-order valence-corrected chi connectivity index (χ3v) is 7.62. The summed E-state index contributed by atoms with van der Waals surface area (Å²) in [5.74, 6) is 2.17. The number of ether oxygens (including phenoxy) is 3. The molecule has 5 rings (SSSR count). The van der Waals surface area contributed by atoms with Crippen LogP contribution in [0.4, 0.5) is 5.69 Å². The van der Waals surface area contributed by atoms with Crippen LogP contribution in [0.5, 0.6) is 17.2 Å². The molecule has 2 aliphatic heterocycles. The highest BCUT2D eigenvalue weighted by Gasteiger charge is 2.46. The fourth-order valence-electron chi connectivity index (χ4n) is 5.48. The van der Waals surface area contributed by atoms with Crippen molar-refractivity contribution < 1.29 is 19.0 Å². The summed E-state index contributed by atoms with van der Waals surface area (Å²) in [4.78, 5) is 18.1. The monoisotopic (exact) mass is 486 g/mol. The molecule has 1 amide bonds. The zero-order chi connectivity index (χ0) is 25.1. The standard InChI is InChI=1S/C30H34N2O4/c1-31-15-13-30(14-16-31)21-32(29(33)17-23-11-7-8-12-26(23)34-2)25-19-28(27(35-3)18-24(25)30)36-20-22-9-5-4-6-10-22/h4-12,18-19H,13-17,20-21H2,1-3H3. The van der Waals surface area contributed by atoms with Gasteiger partial charge in [-0.15, -0.1) is 0 Å². The molecule has 1 fully saturated rings. The van der Waals surface area contributed by atoms with Gasteiger partial charge in [0, 0.05) is 23.6 Å². The number of hydrogen-bond donors (Lipinski definition) is 0. The van der Waals surface area contributed by atoms with Gasteiger partial charge in [-0.2, -0.15) is 0 Å². The van der Waals surface area contributed by atoms with Crippen molar-refractivity contribution in [3.05, 3.63) is 83.4 Å². The van der Waals surface area contributed by atoms with Gasteiger partial charge < -0.3 is 24.0 Å². The Morgan fingerprint density at radius 3 is 2.31 bits per heavy atom. The molecule has 0 radical (unpaired) electrons. The lowest BCUT2D eigenvalue weighted by Gasteiger charge is -2.38. The normalized spacial score (nSPS) is 16.6. The SMILES string of the molecule is COc1ccccc1CC(=O)N1CC2(CCN(C)CC2)c2cc(OC)c(OCc3ccccc3)cc21. The molecular formula is C30H34N2O4. The molecule has 1 spiro atoms. The summed E-state index contributed by atoms with van der Waals surface area (Å²) in [6.07, 6.45) is 2.29. The molecule has 2 heterocycles. The molecule has 188 valence electrons. The Kier molecular flexibility index (Phi) is 6.88. The third-order valence-electron chi connectivity index (χ3n) is 7.62. The molecule has 3 aromatic carbocycles. The second-order valence-corrected chi connectivity index (χ2v) is 9.85. The Hall–Kier alpha value is -3.51. The zero-order valence-electron chi connectivity index (χ0n) is 21.3. The number of para-hydroxylation sites is 1. The van der Waals surface area contributed by atoms with E-state index in [0.29, 0.717) is 24.7 Å². The minimum Gasteiger partial charge on any atom is -0.496 e. The Labute approximate surface area is 213 Å². The van der Waals surface area contributed by atoms with Gasteiger partial charge in [-0.05, 0) is 56.2 Å². The van der Waals surface area contributed by atoms with Crippen molar-refractivity contribution in [2.45, 2.75) is 31.3 Å². The quantitative estimate of drug-likeness (QED) is 0.479. The van der Waals surface area contributed by atoms with E-state index in [4.69, 9.17) is 14.2 Å². The molecule has 0 aliphatic carbocycles. The lowest BCUT2D eigenvalue weighted by atomic mass is 9.74. The summed E-state index contributed by atoms with van der Waals surface area (Å²) in [5, 5.41) is 0. The van der Waals surface area contributed by atoms with Crippen LogP contribution in [0.25, 0.3) is 0 Å². The molecular weight excluding hydrogens is 452 g/mol. The van der Waals surface area contributed by atoms with Crippen LogP contribution in [0.15, 0.2) is 66.7 Å². The molecule has 0 N–H and O–H groups in total. The number of anilines is 1. The number of piperidine rings is 1. The highest BCUT2D eigenvalue weighted by molar-refractivity contribution is 5.98. The van der Waals surface area contributed by atoms with Gasteiger partial charge in [-0.25, -0.2) is 0 Å². The molecule has 6 heteroatoms. The molecule has 0 aromatic heterocycles. The van der Waals surface area contributed by atoms with Crippen LogP contribution in [-0.2, 0) is 23.2 Å². The Morgan fingerprint density at radius 1 is 0.889 bits per heavy atom. The molecule has 0 saturated carbocycles. The van der Waals surface area contributed by atoms with Gasteiger partial charge in [-0.3, -0.25) is 4.79 Å². The van der Waals surface area contributed by atoms with Crippen LogP contribution in [-0.4, -0.2) is 51.7 Å². The van der Waals surface area contributed by atoms with Crippen molar-refractivity contribution in [3.63, 3.8) is 0 Å². The van der Waals surface area contributed by atoms with Gasteiger partial charge in [0.15, 0.2) is 11.5 Å². The number of benzene rings is 3. The molecule has 36 heavy (non-hydrogen) atoms. The third kappa shape index (κ3) is 4.65. The lowest BCUT2D eigenvalue weighted by Crippen LogP contribution is -2.45. The van der Waals surface area contributed by atoms with E-state index in [-0.39, 0.29) is 17.7 Å². The summed E-state index contributed by atoms with van der Waals surface area (Å²) in [5.41, 5.74) is 4.01. The average molecular weight is 487 g/mol. The molecule has 2 aliphatic rings. The van der Waals surface area contributed by atoms with E-state index < -0.39 is 0 Å². The second kappa shape index (κ2) is 10.2. The average Bonchev–Trinajstić information content (AvgIpc) is 3.22. The first kappa shape index (κ1) is 24.2. The van der Waals surface area contributed by atoms with Crippen LogP contribution >= 0.6 is 0 Å². The number of fused-ring (bicyclic) bond motifs is 2. The van der Waals surface area contributed by atoms with Crippen molar-refractivity contribution >= 4 is 11.6 Å². The van der Waals surface area contributed by atoms with E-state index in [0.717, 1.165) is 48.5 Å². The van der Waals surface area contributed by atoms with Crippen molar-refractivity contribution in [2.24, 2.45) is 0 Å². The molecule has 0 unspecified atom stereocenters. The number of carbonyl (C=O) groups excluding carboxylic acids is 1. The van der Waals surface area contributed by atoms with E-state index in [1.165, 1.54) is 5.56 Å². The number of rotatable bonds is 7. The van der Waals surface area contributed by atoms with E-state index in [1.54, 1.807) is 14.2 Å². The number of carbonyl (C=O) groups is 1. The maximum atomic E-state index is 13.8. The number of likely N-dealkylation sites (tertiary alicyclic amines) is 1. The van der Waals surface area contributed by atoms with Gasteiger partial charge >= 0.3 is 0 Å². The predicted molar refractivity (Wildman–Crippen MR) is 141 cm³/mol. The summed E-state index contributed by atoms with van der Waals surface area (Å²) in [7, 11) is 5.48. The molecule has 0 bridgehead atoms. The van der Waals surface area contributed by atoms with E-state index >= 15 is 0 Å². The molecule has 1 saturated heterocycles. The highest BCUT2D eigenvalue weighted by Crippen LogP contribution is 2.51. The van der Waals surface area contributed by atoms with Crippen LogP contribution in [0.1, 0.15) is 29.5 Å². The van der Waals surface area contributed by atoms with Gasteiger partial charge in [0.05, 0.1) is 26.3 Å². The van der Waals surface area contributed by atoms with Crippen LogP contribution in [0.3, 0.4) is 0 Å². The first-order valence-electron chi connectivity index (χ1n) is 12.5. The number of methoxy groups -OCH3 is 2. The first-order chi connectivity index (χ1) is 17.5. The predicted octanol–water partition coefficient (Wildman–Crippen LogP) is 4.84. The maximum Gasteiger partial charge on any atom is 0.231 e. The molecule has 6 nitrogen and oxygen atoms in total. The fraction of sp³-hybridized carbons (Fsp3) is 0.367. The van der Waals surface area contributed by atoms with Crippen LogP contribution < -0.4 is 19.1 Å². The largest absolute Gasteiger partial charge is 0.496 e. The number of hydrogen-bond acceptors (Lipinski definition) is 5. The van der Waals surface area contributed by atoms with E-state index in [9.17, 15) is 4.79 Å². The first-order valence-corrected chi connectivity index (χ1v) is 12.5. The summed E-state index contributed by atoms with van der Waals surface area (Å²) < 4.78 is 17.5. The summed E-state index contributed by atoms with van der Waals surface area (Å²) >= 11 is 0. The fourth-order valence-corrected chi connectivity index (χ4v) is 5.48. The highest BCUT2D eigenvalue weighted by atomic mass is 16.5. The lowest BCUT2D eigenvalue weighted by molar-refractivity contribution is -0.118. The van der Waals surface area contributed by atoms with Gasteiger partial charge in [-0.1, -0.05) is 48.5 Å². The second-order valence-electron chi connectivity index (χ2n) is 9.85. The Morgan fingerprint density at radius 2 is 1.58 bits per heavy atom. The van der Waals surface area contributed by atoms with Crippen molar-refractivity contribution in [3.8, 4) is 17.2 Å². The van der Waals surface area contributed by atoms with Gasteiger partial charge in [0.1, 0.15) is 12.4 Å². The van der Waals surface area contributed by atoms with E-state index in [1.807, 2.05) is 65.6 Å². The minimum atomic E-state index is -0.0798. The smallest absolute Gasteiger partial charge is 0.231 e. The minimum absolute atomic E-state index is 0.0655. The number of amides is 1. The number of nitrogens with zero attached hydrogens (tertiary/aromatic N) is 2.